The number of thiophene rings is 1. The number of nitrogens with two attached hydrogens (primary N) is 1. The van der Waals surface area contributed by atoms with Crippen LogP contribution in [0.15, 0.2) is 40.3 Å². The summed E-state index contributed by atoms with van der Waals surface area (Å²) in [7, 11) is 0. The van der Waals surface area contributed by atoms with Crippen molar-refractivity contribution in [3.63, 3.8) is 0 Å². The minimum absolute atomic E-state index is 0.169. The normalized spacial score (nSPS) is 11.1. The van der Waals surface area contributed by atoms with Crippen LogP contribution in [-0.2, 0) is 5.75 Å². The number of rotatable bonds is 3. The number of fused-ring (bicyclic) bond motifs is 1. The number of benzene rings is 1. The fraction of sp³-hybridized carbons (Fsp3) is 0.200. The monoisotopic (exact) mass is 317 g/mol. The lowest BCUT2D eigenvalue weighted by molar-refractivity contribution is 0.781. The molecule has 0 aliphatic heterocycles. The van der Waals surface area contributed by atoms with Gasteiger partial charge in [0.1, 0.15) is 4.83 Å². The van der Waals surface area contributed by atoms with Crippen molar-refractivity contribution < 1.29 is 0 Å². The first-order chi connectivity index (χ1) is 10.1. The Bertz CT molecular complexity index is 853. The molecule has 0 radical (unpaired) electrons. The maximum Gasteiger partial charge on any atom is 0.281 e. The standard InChI is InChI=1S/C15H15N3OS2/c1-9-10(2)21-13-12(9)14(19)18(16)15(17-13)20-8-11-6-4-3-5-7-11/h3-7H,8,16H2,1-2H3. The van der Waals surface area contributed by atoms with Gasteiger partial charge in [-0.1, -0.05) is 42.1 Å². The van der Waals surface area contributed by atoms with E-state index in [0.717, 1.165) is 25.7 Å². The van der Waals surface area contributed by atoms with Gasteiger partial charge in [0.15, 0.2) is 5.16 Å². The second-order valence-corrected chi connectivity index (χ2v) is 6.95. The Kier molecular flexibility index (Phi) is 3.73. The first-order valence-corrected chi connectivity index (χ1v) is 8.32. The van der Waals surface area contributed by atoms with Crippen LogP contribution in [0.25, 0.3) is 10.2 Å². The maximum atomic E-state index is 12.4. The van der Waals surface area contributed by atoms with Gasteiger partial charge in [0.05, 0.1) is 5.39 Å². The summed E-state index contributed by atoms with van der Waals surface area (Å²) >= 11 is 3.02. The van der Waals surface area contributed by atoms with Gasteiger partial charge in [-0.05, 0) is 25.0 Å². The zero-order valence-corrected chi connectivity index (χ0v) is 13.4. The fourth-order valence-electron chi connectivity index (χ4n) is 2.11. The van der Waals surface area contributed by atoms with Gasteiger partial charge < -0.3 is 5.84 Å². The number of aromatic nitrogens is 2. The number of hydrogen-bond acceptors (Lipinski definition) is 5. The summed E-state index contributed by atoms with van der Waals surface area (Å²) in [6.07, 6.45) is 0. The van der Waals surface area contributed by atoms with Crippen molar-refractivity contribution in [2.75, 3.05) is 5.84 Å². The molecule has 3 aromatic rings. The van der Waals surface area contributed by atoms with Gasteiger partial charge in [-0.2, -0.15) is 0 Å². The van der Waals surface area contributed by atoms with Crippen molar-refractivity contribution in [3.8, 4) is 0 Å². The van der Waals surface area contributed by atoms with Crippen molar-refractivity contribution in [2.24, 2.45) is 0 Å². The topological polar surface area (TPSA) is 60.9 Å². The summed E-state index contributed by atoms with van der Waals surface area (Å²) in [6.45, 7) is 3.94. The minimum atomic E-state index is -0.169. The Balaban J connectivity index is 2.00. The molecule has 1 aromatic carbocycles. The number of nitrogen functional groups attached to an aromatic ring is 1. The highest BCUT2D eigenvalue weighted by atomic mass is 32.2. The summed E-state index contributed by atoms with van der Waals surface area (Å²) in [5.41, 5.74) is 1.99. The van der Waals surface area contributed by atoms with Crippen LogP contribution in [0, 0.1) is 13.8 Å². The van der Waals surface area contributed by atoms with Gasteiger partial charge in [-0.3, -0.25) is 4.79 Å². The van der Waals surface area contributed by atoms with E-state index in [9.17, 15) is 4.79 Å². The van der Waals surface area contributed by atoms with E-state index in [4.69, 9.17) is 5.84 Å². The Morgan fingerprint density at radius 3 is 2.71 bits per heavy atom. The lowest BCUT2D eigenvalue weighted by Gasteiger charge is -2.07. The van der Waals surface area contributed by atoms with Crippen LogP contribution in [0.4, 0.5) is 0 Å². The van der Waals surface area contributed by atoms with E-state index < -0.39 is 0 Å². The number of hydrogen-bond donors (Lipinski definition) is 1. The molecule has 0 aliphatic carbocycles. The van der Waals surface area contributed by atoms with Gasteiger partial charge in [0, 0.05) is 10.6 Å². The molecule has 0 atom stereocenters. The Morgan fingerprint density at radius 2 is 2.00 bits per heavy atom. The molecule has 0 saturated carbocycles. The van der Waals surface area contributed by atoms with Crippen molar-refractivity contribution in [2.45, 2.75) is 24.8 Å². The Morgan fingerprint density at radius 1 is 1.29 bits per heavy atom. The molecule has 0 fully saturated rings. The van der Waals surface area contributed by atoms with Crippen molar-refractivity contribution >= 4 is 33.3 Å². The van der Waals surface area contributed by atoms with Gasteiger partial charge in [0.2, 0.25) is 0 Å². The predicted octanol–water partition coefficient (Wildman–Crippen LogP) is 3.08. The van der Waals surface area contributed by atoms with Crippen molar-refractivity contribution in [3.05, 3.63) is 56.7 Å². The second-order valence-electron chi connectivity index (χ2n) is 4.81. The third-order valence-electron chi connectivity index (χ3n) is 3.41. The lowest BCUT2D eigenvalue weighted by atomic mass is 10.2. The Labute approximate surface area is 130 Å². The van der Waals surface area contributed by atoms with Crippen LogP contribution < -0.4 is 11.4 Å². The minimum Gasteiger partial charge on any atom is -0.334 e. The highest BCUT2D eigenvalue weighted by Crippen LogP contribution is 2.28. The highest BCUT2D eigenvalue weighted by Gasteiger charge is 2.15. The second kappa shape index (κ2) is 5.54. The molecule has 0 amide bonds. The molecule has 2 heterocycles. The largest absolute Gasteiger partial charge is 0.334 e. The van der Waals surface area contributed by atoms with Crippen LogP contribution >= 0.6 is 23.1 Å². The van der Waals surface area contributed by atoms with Crippen LogP contribution in [0.5, 0.6) is 0 Å². The summed E-state index contributed by atoms with van der Waals surface area (Å²) in [4.78, 5) is 18.8. The molecule has 108 valence electrons. The third kappa shape index (κ3) is 2.56. The molecule has 0 saturated heterocycles. The average molecular weight is 317 g/mol. The van der Waals surface area contributed by atoms with E-state index >= 15 is 0 Å². The molecule has 0 spiro atoms. The highest BCUT2D eigenvalue weighted by molar-refractivity contribution is 7.98. The van der Waals surface area contributed by atoms with Gasteiger partial charge >= 0.3 is 0 Å². The first kappa shape index (κ1) is 14.2. The quantitative estimate of drug-likeness (QED) is 0.458. The summed E-state index contributed by atoms with van der Waals surface area (Å²) in [5, 5.41) is 1.20. The molecular formula is C15H15N3OS2. The Hall–Kier alpha value is -1.79. The van der Waals surface area contributed by atoms with Crippen LogP contribution in [0.2, 0.25) is 0 Å². The zero-order chi connectivity index (χ0) is 15.0. The summed E-state index contributed by atoms with van der Waals surface area (Å²) < 4.78 is 1.16. The molecular weight excluding hydrogens is 302 g/mol. The average Bonchev–Trinajstić information content (AvgIpc) is 2.77. The van der Waals surface area contributed by atoms with Crippen molar-refractivity contribution in [1.82, 2.24) is 9.66 Å². The maximum absolute atomic E-state index is 12.4. The molecule has 0 unspecified atom stereocenters. The SMILES string of the molecule is Cc1sc2nc(SCc3ccccc3)n(N)c(=O)c2c1C. The molecule has 2 N–H and O–H groups in total. The molecule has 0 aliphatic rings. The van der Waals surface area contributed by atoms with E-state index in [1.807, 2.05) is 44.2 Å². The molecule has 0 bridgehead atoms. The number of aryl methyl sites for hydroxylation is 2. The van der Waals surface area contributed by atoms with Gasteiger partial charge in [-0.15, -0.1) is 11.3 Å². The lowest BCUT2D eigenvalue weighted by Crippen LogP contribution is -2.29. The predicted molar refractivity (Wildman–Crippen MR) is 89.5 cm³/mol. The van der Waals surface area contributed by atoms with E-state index in [-0.39, 0.29) is 5.56 Å². The first-order valence-electron chi connectivity index (χ1n) is 6.52. The molecule has 21 heavy (non-hydrogen) atoms. The van der Waals surface area contributed by atoms with E-state index in [1.165, 1.54) is 17.3 Å². The molecule has 3 rings (SSSR count). The van der Waals surface area contributed by atoms with Gasteiger partial charge in [0.25, 0.3) is 5.56 Å². The van der Waals surface area contributed by atoms with Gasteiger partial charge in [-0.25, -0.2) is 9.66 Å². The fourth-order valence-corrected chi connectivity index (χ4v) is 4.06. The van der Waals surface area contributed by atoms with Crippen molar-refractivity contribution in [1.29, 1.82) is 0 Å². The van der Waals surface area contributed by atoms with E-state index in [1.54, 1.807) is 11.3 Å². The number of thioether (sulfide) groups is 1. The van der Waals surface area contributed by atoms with Crippen LogP contribution in [0.1, 0.15) is 16.0 Å². The summed E-state index contributed by atoms with van der Waals surface area (Å²) in [6, 6.07) is 10.1. The number of nitrogens with zero attached hydrogens (tertiary/aromatic N) is 2. The van der Waals surface area contributed by atoms with E-state index in [0.29, 0.717) is 10.5 Å². The molecule has 2 aromatic heterocycles. The zero-order valence-electron chi connectivity index (χ0n) is 11.8. The molecule has 6 heteroatoms. The van der Waals surface area contributed by atoms with E-state index in [2.05, 4.69) is 4.98 Å². The summed E-state index contributed by atoms with van der Waals surface area (Å²) in [5.74, 6) is 6.65. The van der Waals surface area contributed by atoms with Crippen LogP contribution in [0.3, 0.4) is 0 Å². The smallest absolute Gasteiger partial charge is 0.281 e. The van der Waals surface area contributed by atoms with Crippen LogP contribution in [-0.4, -0.2) is 9.66 Å². The third-order valence-corrected chi connectivity index (χ3v) is 5.54. The molecule has 4 nitrogen and oxygen atoms in total.